The predicted molar refractivity (Wildman–Crippen MR) is 74.9 cm³/mol. The van der Waals surface area contributed by atoms with Gasteiger partial charge in [-0.25, -0.2) is 0 Å². The van der Waals surface area contributed by atoms with Gasteiger partial charge in [-0.1, -0.05) is 37.3 Å². The second-order valence-corrected chi connectivity index (χ2v) is 6.93. The first-order valence-corrected chi connectivity index (χ1v) is 7.76. The van der Waals surface area contributed by atoms with Crippen LogP contribution in [0.4, 0.5) is 0 Å². The number of nitrogens with zero attached hydrogens (tertiary/aromatic N) is 1. The summed E-state index contributed by atoms with van der Waals surface area (Å²) in [6.45, 7) is 2.05. The molecule has 0 aliphatic rings. The van der Waals surface area contributed by atoms with E-state index < -0.39 is 8.80 Å². The Morgan fingerprint density at radius 1 is 1.11 bits per heavy atom. The van der Waals surface area contributed by atoms with Gasteiger partial charge in [0, 0.05) is 27.5 Å². The number of benzene rings is 1. The van der Waals surface area contributed by atoms with E-state index in [1.807, 2.05) is 43.5 Å². The minimum Gasteiger partial charge on any atom is -0.376 e. The highest BCUT2D eigenvalue weighted by molar-refractivity contribution is 6.62. The normalized spacial score (nSPS) is 14.0. The standard InChI is InChI=1S/C13H21NO3Si/c1-5-13(18(15-2,16-3)17-4)14-11-12-9-7-6-8-10-12/h6-11,13H,5H2,1-4H3. The Balaban J connectivity index is 2.87. The minimum atomic E-state index is -2.70. The quantitative estimate of drug-likeness (QED) is 0.562. The second kappa shape index (κ2) is 7.43. The first-order valence-electron chi connectivity index (χ1n) is 5.96. The van der Waals surface area contributed by atoms with Crippen molar-refractivity contribution in [3.05, 3.63) is 35.9 Å². The zero-order valence-electron chi connectivity index (χ0n) is 11.4. The highest BCUT2D eigenvalue weighted by Crippen LogP contribution is 2.18. The van der Waals surface area contributed by atoms with E-state index in [4.69, 9.17) is 13.3 Å². The Labute approximate surface area is 110 Å². The molecule has 1 aromatic carbocycles. The number of aliphatic imine (C=N–C) groups is 1. The molecule has 18 heavy (non-hydrogen) atoms. The fraction of sp³-hybridized carbons (Fsp3) is 0.462. The van der Waals surface area contributed by atoms with Crippen molar-refractivity contribution in [2.24, 2.45) is 4.99 Å². The topological polar surface area (TPSA) is 40.0 Å². The van der Waals surface area contributed by atoms with E-state index in [-0.39, 0.29) is 5.67 Å². The Bertz CT molecular complexity index is 357. The summed E-state index contributed by atoms with van der Waals surface area (Å²) < 4.78 is 16.4. The van der Waals surface area contributed by atoms with Gasteiger partial charge in [0.15, 0.2) is 0 Å². The first-order chi connectivity index (χ1) is 8.72. The van der Waals surface area contributed by atoms with Crippen molar-refractivity contribution in [1.29, 1.82) is 0 Å². The van der Waals surface area contributed by atoms with Gasteiger partial charge in [-0.2, -0.15) is 0 Å². The summed E-state index contributed by atoms with van der Waals surface area (Å²) in [5, 5.41) is 0. The van der Waals surface area contributed by atoms with Crippen LogP contribution < -0.4 is 0 Å². The van der Waals surface area contributed by atoms with Crippen LogP contribution in [-0.4, -0.2) is 42.0 Å². The smallest absolute Gasteiger partial charge is 0.376 e. The molecule has 4 nitrogen and oxygen atoms in total. The van der Waals surface area contributed by atoms with Crippen LogP contribution in [0.15, 0.2) is 35.3 Å². The number of hydrogen-bond donors (Lipinski definition) is 0. The minimum absolute atomic E-state index is 0.0855. The zero-order chi connectivity index (χ0) is 13.4. The van der Waals surface area contributed by atoms with Gasteiger partial charge in [0.2, 0.25) is 0 Å². The molecule has 0 heterocycles. The predicted octanol–water partition coefficient (Wildman–Crippen LogP) is 2.30. The van der Waals surface area contributed by atoms with Crippen molar-refractivity contribution in [2.75, 3.05) is 21.3 Å². The third kappa shape index (κ3) is 3.49. The summed E-state index contributed by atoms with van der Waals surface area (Å²) in [6.07, 6.45) is 2.65. The molecule has 0 amide bonds. The molecule has 0 spiro atoms. The van der Waals surface area contributed by atoms with Crippen LogP contribution in [0.25, 0.3) is 0 Å². The molecule has 1 aromatic rings. The molecule has 0 saturated heterocycles. The van der Waals surface area contributed by atoms with Gasteiger partial charge in [0.05, 0.1) is 0 Å². The lowest BCUT2D eigenvalue weighted by atomic mass is 10.2. The maximum atomic E-state index is 5.46. The van der Waals surface area contributed by atoms with Crippen molar-refractivity contribution >= 4 is 15.0 Å². The maximum absolute atomic E-state index is 5.46. The lowest BCUT2D eigenvalue weighted by Crippen LogP contribution is -2.53. The molecule has 0 aliphatic carbocycles. The monoisotopic (exact) mass is 267 g/mol. The molecule has 0 saturated carbocycles. The second-order valence-electron chi connectivity index (χ2n) is 3.83. The van der Waals surface area contributed by atoms with Crippen molar-refractivity contribution in [3.63, 3.8) is 0 Å². The van der Waals surface area contributed by atoms with E-state index in [0.29, 0.717) is 0 Å². The molecule has 0 N–H and O–H groups in total. The highest BCUT2D eigenvalue weighted by Gasteiger charge is 2.46. The summed E-state index contributed by atoms with van der Waals surface area (Å²) in [5.74, 6) is 0. The molecule has 0 bridgehead atoms. The van der Waals surface area contributed by atoms with Gasteiger partial charge in [-0.15, -0.1) is 0 Å². The average molecular weight is 267 g/mol. The molecular formula is C13H21NO3Si. The van der Waals surface area contributed by atoms with E-state index in [0.717, 1.165) is 12.0 Å². The molecular weight excluding hydrogens is 246 g/mol. The van der Waals surface area contributed by atoms with Gasteiger partial charge < -0.3 is 13.3 Å². The molecule has 1 unspecified atom stereocenters. The van der Waals surface area contributed by atoms with Crippen LogP contribution in [0, 0.1) is 0 Å². The largest absolute Gasteiger partial charge is 0.526 e. The van der Waals surface area contributed by atoms with Gasteiger partial charge in [0.25, 0.3) is 0 Å². The summed E-state index contributed by atoms with van der Waals surface area (Å²) in [5.41, 5.74) is 0.972. The molecule has 0 radical (unpaired) electrons. The van der Waals surface area contributed by atoms with Crippen molar-refractivity contribution in [2.45, 2.75) is 19.0 Å². The van der Waals surface area contributed by atoms with Crippen LogP contribution in [-0.2, 0) is 13.3 Å². The SMILES string of the molecule is CCC(N=Cc1ccccc1)[Si](OC)(OC)OC. The molecule has 1 rings (SSSR count). The van der Waals surface area contributed by atoms with Gasteiger partial charge in [0.1, 0.15) is 5.67 Å². The zero-order valence-corrected chi connectivity index (χ0v) is 12.4. The van der Waals surface area contributed by atoms with E-state index in [9.17, 15) is 0 Å². The van der Waals surface area contributed by atoms with Crippen LogP contribution in [0.5, 0.6) is 0 Å². The van der Waals surface area contributed by atoms with Crippen molar-refractivity contribution < 1.29 is 13.3 Å². The van der Waals surface area contributed by atoms with Gasteiger partial charge in [-0.05, 0) is 12.0 Å². The molecule has 0 aromatic heterocycles. The van der Waals surface area contributed by atoms with E-state index >= 15 is 0 Å². The molecule has 0 fully saturated rings. The van der Waals surface area contributed by atoms with E-state index in [1.54, 1.807) is 21.3 Å². The maximum Gasteiger partial charge on any atom is 0.526 e. The third-order valence-corrected chi connectivity index (χ3v) is 5.93. The molecule has 5 heteroatoms. The van der Waals surface area contributed by atoms with Crippen molar-refractivity contribution in [3.8, 4) is 0 Å². The van der Waals surface area contributed by atoms with E-state index in [1.165, 1.54) is 0 Å². The van der Waals surface area contributed by atoms with Crippen LogP contribution in [0.1, 0.15) is 18.9 Å². The Kier molecular flexibility index (Phi) is 6.21. The van der Waals surface area contributed by atoms with Crippen LogP contribution in [0.2, 0.25) is 0 Å². The van der Waals surface area contributed by atoms with Crippen LogP contribution >= 0.6 is 0 Å². The number of hydrogen-bond acceptors (Lipinski definition) is 4. The molecule has 0 aliphatic heterocycles. The molecule has 100 valence electrons. The Hall–Kier alpha value is -1.01. The lowest BCUT2D eigenvalue weighted by Gasteiger charge is -2.29. The number of rotatable bonds is 7. The van der Waals surface area contributed by atoms with Gasteiger partial charge >= 0.3 is 8.80 Å². The molecule has 1 atom stereocenters. The summed E-state index contributed by atoms with van der Waals surface area (Å²) in [7, 11) is 2.13. The third-order valence-electron chi connectivity index (χ3n) is 2.85. The fourth-order valence-electron chi connectivity index (χ4n) is 1.82. The van der Waals surface area contributed by atoms with E-state index in [2.05, 4.69) is 4.99 Å². The van der Waals surface area contributed by atoms with Crippen molar-refractivity contribution in [1.82, 2.24) is 0 Å². The fourth-order valence-corrected chi connectivity index (χ4v) is 3.89. The highest BCUT2D eigenvalue weighted by atomic mass is 28.4. The van der Waals surface area contributed by atoms with Gasteiger partial charge in [-0.3, -0.25) is 4.99 Å². The Morgan fingerprint density at radius 3 is 2.11 bits per heavy atom. The lowest BCUT2D eigenvalue weighted by molar-refractivity contribution is 0.112. The summed E-state index contributed by atoms with van der Waals surface area (Å²) in [4.78, 5) is 4.56. The Morgan fingerprint density at radius 2 is 1.67 bits per heavy atom. The van der Waals surface area contributed by atoms with Crippen LogP contribution in [0.3, 0.4) is 0 Å². The summed E-state index contributed by atoms with van der Waals surface area (Å²) in [6, 6.07) is 9.96. The summed E-state index contributed by atoms with van der Waals surface area (Å²) >= 11 is 0. The first kappa shape index (κ1) is 15.0. The average Bonchev–Trinajstić information content (AvgIpc) is 2.45.